The van der Waals surface area contributed by atoms with E-state index in [0.29, 0.717) is 5.56 Å². The molecular weight excluding hydrogens is 258 g/mol. The predicted octanol–water partition coefficient (Wildman–Crippen LogP) is 2.23. The first-order valence-corrected chi connectivity index (χ1v) is 5.74. The smallest absolute Gasteiger partial charge is 0.311 e. The molecule has 0 heterocycles. The number of hydrogen-bond acceptors (Lipinski definition) is 4. The summed E-state index contributed by atoms with van der Waals surface area (Å²) in [5.41, 5.74) is 4.94. The molecule has 1 aromatic carbocycles. The Bertz CT molecular complexity index is 512. The van der Waals surface area contributed by atoms with Gasteiger partial charge in [0.2, 0.25) is 5.92 Å². The number of nitrogens with two attached hydrogens (primary N) is 1. The Kier molecular flexibility index (Phi) is 3.17. The van der Waals surface area contributed by atoms with Crippen LogP contribution in [0.3, 0.4) is 0 Å². The molecule has 0 atom stereocenters. The lowest BCUT2D eigenvalue weighted by Crippen LogP contribution is -2.53. The molecule has 1 aromatic rings. The number of hydrogen-bond donors (Lipinski definition) is 1. The third-order valence-corrected chi connectivity index (χ3v) is 3.57. The van der Waals surface area contributed by atoms with Crippen LogP contribution in [0.4, 0.5) is 14.5 Å². The average Bonchev–Trinajstić information content (AvgIpc) is 2.34. The van der Waals surface area contributed by atoms with Crippen molar-refractivity contribution in [2.75, 3.05) is 13.7 Å². The lowest BCUT2D eigenvalue weighted by atomic mass is 9.62. The van der Waals surface area contributed by atoms with Gasteiger partial charge in [0.25, 0.3) is 0 Å². The first kappa shape index (κ1) is 13.7. The summed E-state index contributed by atoms with van der Waals surface area (Å²) in [4.78, 5) is 10.3. The lowest BCUT2D eigenvalue weighted by Gasteiger charge is -2.47. The zero-order valence-corrected chi connectivity index (χ0v) is 10.4. The second-order valence-corrected chi connectivity index (χ2v) is 4.84. The highest BCUT2D eigenvalue weighted by molar-refractivity contribution is 5.51. The van der Waals surface area contributed by atoms with Crippen molar-refractivity contribution in [2.24, 2.45) is 5.73 Å². The van der Waals surface area contributed by atoms with Gasteiger partial charge in [0.1, 0.15) is 0 Å². The number of rotatable bonds is 4. The molecular formula is C12H14F2N2O3. The van der Waals surface area contributed by atoms with Crippen LogP contribution in [0.15, 0.2) is 18.2 Å². The maximum atomic E-state index is 13.1. The quantitative estimate of drug-likeness (QED) is 0.673. The summed E-state index contributed by atoms with van der Waals surface area (Å²) in [7, 11) is 1.32. The molecule has 0 spiro atoms. The fraction of sp³-hybridized carbons (Fsp3) is 0.500. The Balaban J connectivity index is 2.41. The van der Waals surface area contributed by atoms with Crippen LogP contribution in [0.1, 0.15) is 18.4 Å². The van der Waals surface area contributed by atoms with E-state index in [2.05, 4.69) is 0 Å². The number of alkyl halides is 2. The zero-order valence-electron chi connectivity index (χ0n) is 10.4. The summed E-state index contributed by atoms with van der Waals surface area (Å²) in [5, 5.41) is 10.9. The molecule has 1 saturated carbocycles. The van der Waals surface area contributed by atoms with Crippen LogP contribution in [-0.2, 0) is 5.41 Å². The topological polar surface area (TPSA) is 78.4 Å². The summed E-state index contributed by atoms with van der Waals surface area (Å²) in [5.74, 6) is -2.64. The van der Waals surface area contributed by atoms with Gasteiger partial charge in [-0.1, -0.05) is 6.07 Å². The van der Waals surface area contributed by atoms with Crippen molar-refractivity contribution in [3.63, 3.8) is 0 Å². The van der Waals surface area contributed by atoms with E-state index in [4.69, 9.17) is 10.5 Å². The van der Waals surface area contributed by atoms with Crippen molar-refractivity contribution in [1.29, 1.82) is 0 Å². The monoisotopic (exact) mass is 272 g/mol. The largest absolute Gasteiger partial charge is 0.490 e. The van der Waals surface area contributed by atoms with Gasteiger partial charge < -0.3 is 10.5 Å². The molecule has 0 aromatic heterocycles. The summed E-state index contributed by atoms with van der Waals surface area (Å²) in [6.07, 6.45) is -0.750. The van der Waals surface area contributed by atoms with Crippen LogP contribution in [0.2, 0.25) is 0 Å². The number of benzene rings is 1. The normalized spacial score (nSPS) is 19.6. The number of nitro groups is 1. The highest BCUT2D eigenvalue weighted by Crippen LogP contribution is 2.53. The Hall–Kier alpha value is -1.76. The van der Waals surface area contributed by atoms with Crippen LogP contribution in [-0.4, -0.2) is 24.5 Å². The van der Waals surface area contributed by atoms with E-state index in [1.807, 2.05) is 0 Å². The van der Waals surface area contributed by atoms with E-state index in [-0.39, 0.29) is 30.8 Å². The minimum absolute atomic E-state index is 0.0338. The number of methoxy groups -OCH3 is 1. The summed E-state index contributed by atoms with van der Waals surface area (Å²) in [6.45, 7) is 0.0338. The van der Waals surface area contributed by atoms with Crippen molar-refractivity contribution >= 4 is 5.69 Å². The van der Waals surface area contributed by atoms with Gasteiger partial charge in [-0.15, -0.1) is 0 Å². The second kappa shape index (κ2) is 4.41. The van der Waals surface area contributed by atoms with Crippen LogP contribution in [0.25, 0.3) is 0 Å². The minimum Gasteiger partial charge on any atom is -0.490 e. The van der Waals surface area contributed by atoms with Crippen LogP contribution < -0.4 is 10.5 Å². The second-order valence-electron chi connectivity index (χ2n) is 4.84. The number of nitro benzene ring substituents is 1. The molecule has 1 aliphatic rings. The molecule has 19 heavy (non-hydrogen) atoms. The van der Waals surface area contributed by atoms with E-state index in [0.717, 1.165) is 0 Å². The predicted molar refractivity (Wildman–Crippen MR) is 64.6 cm³/mol. The van der Waals surface area contributed by atoms with Gasteiger partial charge in [-0.05, 0) is 11.6 Å². The van der Waals surface area contributed by atoms with Gasteiger partial charge in [0, 0.05) is 30.9 Å². The molecule has 1 fully saturated rings. The van der Waals surface area contributed by atoms with Gasteiger partial charge in [-0.3, -0.25) is 10.1 Å². The fourth-order valence-corrected chi connectivity index (χ4v) is 2.57. The molecule has 0 radical (unpaired) electrons. The number of ether oxygens (including phenoxy) is 1. The van der Waals surface area contributed by atoms with Gasteiger partial charge in [-0.2, -0.15) is 0 Å². The van der Waals surface area contributed by atoms with E-state index >= 15 is 0 Å². The van der Waals surface area contributed by atoms with E-state index < -0.39 is 16.3 Å². The molecule has 0 saturated heterocycles. The van der Waals surface area contributed by atoms with Crippen molar-refractivity contribution in [1.82, 2.24) is 0 Å². The highest BCUT2D eigenvalue weighted by Gasteiger charge is 2.56. The SMILES string of the molecule is COc1ccc(C2(CN)CC(F)(F)C2)cc1[N+](=O)[O-]. The molecule has 2 N–H and O–H groups in total. The molecule has 7 heteroatoms. The fourth-order valence-electron chi connectivity index (χ4n) is 2.57. The van der Waals surface area contributed by atoms with Crippen molar-refractivity contribution in [2.45, 2.75) is 24.2 Å². The molecule has 0 bridgehead atoms. The van der Waals surface area contributed by atoms with Gasteiger partial charge >= 0.3 is 5.69 Å². The van der Waals surface area contributed by atoms with Crippen LogP contribution in [0, 0.1) is 10.1 Å². The molecule has 2 rings (SSSR count). The standard InChI is InChI=1S/C12H14F2N2O3/c1-19-10-3-2-8(4-9(10)16(17)18)11(7-15)5-12(13,14)6-11/h2-4H,5-7,15H2,1H3. The Morgan fingerprint density at radius 2 is 2.11 bits per heavy atom. The van der Waals surface area contributed by atoms with Crippen molar-refractivity contribution in [3.05, 3.63) is 33.9 Å². The number of nitrogens with zero attached hydrogens (tertiary/aromatic N) is 1. The summed E-state index contributed by atoms with van der Waals surface area (Å²) < 4.78 is 31.1. The highest BCUT2D eigenvalue weighted by atomic mass is 19.3. The summed E-state index contributed by atoms with van der Waals surface area (Å²) >= 11 is 0. The molecule has 0 unspecified atom stereocenters. The van der Waals surface area contributed by atoms with Gasteiger partial charge in [-0.25, -0.2) is 8.78 Å². The Labute approximate surface area is 108 Å². The zero-order chi connectivity index (χ0) is 14.3. The third-order valence-electron chi connectivity index (χ3n) is 3.57. The number of halogens is 2. The first-order valence-electron chi connectivity index (χ1n) is 5.74. The molecule has 0 amide bonds. The maximum Gasteiger partial charge on any atom is 0.311 e. The maximum absolute atomic E-state index is 13.1. The Morgan fingerprint density at radius 3 is 2.53 bits per heavy atom. The average molecular weight is 272 g/mol. The molecule has 0 aliphatic heterocycles. The molecule has 104 valence electrons. The minimum atomic E-state index is -2.74. The lowest BCUT2D eigenvalue weighted by molar-refractivity contribution is -0.385. The van der Waals surface area contributed by atoms with Crippen molar-refractivity contribution in [3.8, 4) is 5.75 Å². The van der Waals surface area contributed by atoms with Gasteiger partial charge in [0.15, 0.2) is 5.75 Å². The van der Waals surface area contributed by atoms with Crippen molar-refractivity contribution < 1.29 is 18.4 Å². The van der Waals surface area contributed by atoms with Gasteiger partial charge in [0.05, 0.1) is 12.0 Å². The van der Waals surface area contributed by atoms with Crippen LogP contribution >= 0.6 is 0 Å². The van der Waals surface area contributed by atoms with E-state index in [1.165, 1.54) is 19.2 Å². The van der Waals surface area contributed by atoms with Crippen LogP contribution in [0.5, 0.6) is 5.75 Å². The first-order chi connectivity index (χ1) is 8.83. The third kappa shape index (κ3) is 2.25. The van der Waals surface area contributed by atoms with E-state index in [9.17, 15) is 18.9 Å². The van der Waals surface area contributed by atoms with E-state index in [1.54, 1.807) is 6.07 Å². The summed E-state index contributed by atoms with van der Waals surface area (Å²) in [6, 6.07) is 4.26. The Morgan fingerprint density at radius 1 is 1.47 bits per heavy atom. The molecule has 5 nitrogen and oxygen atoms in total. The molecule has 1 aliphatic carbocycles.